The van der Waals surface area contributed by atoms with Gasteiger partial charge in [0.25, 0.3) is 0 Å². The van der Waals surface area contributed by atoms with Crippen molar-refractivity contribution in [1.82, 2.24) is 5.32 Å². The van der Waals surface area contributed by atoms with Gasteiger partial charge in [0, 0.05) is 16.1 Å². The molecule has 21 heavy (non-hydrogen) atoms. The lowest BCUT2D eigenvalue weighted by Gasteiger charge is -2.26. The molecule has 1 aliphatic rings. The Balaban J connectivity index is 2.22. The Labute approximate surface area is 134 Å². The Kier molecular flexibility index (Phi) is 5.89. The first kappa shape index (κ1) is 16.1. The Morgan fingerprint density at radius 2 is 1.81 bits per heavy atom. The van der Waals surface area contributed by atoms with Crippen LogP contribution in [-0.4, -0.2) is 20.3 Å². The van der Waals surface area contributed by atoms with Gasteiger partial charge in [-0.15, -0.1) is 0 Å². The lowest BCUT2D eigenvalue weighted by molar-refractivity contribution is 0.349. The number of halogens is 1. The third-order valence-corrected chi connectivity index (χ3v) is 4.64. The predicted molar refractivity (Wildman–Crippen MR) is 85.6 cm³/mol. The molecule has 0 spiro atoms. The molecule has 0 heterocycles. The predicted octanol–water partition coefficient (Wildman–Crippen LogP) is 3.95. The van der Waals surface area contributed by atoms with Crippen molar-refractivity contribution in [3.05, 3.63) is 22.2 Å². The molecule has 1 atom stereocenters. The fourth-order valence-electron chi connectivity index (χ4n) is 2.79. The van der Waals surface area contributed by atoms with E-state index in [4.69, 9.17) is 9.47 Å². The summed E-state index contributed by atoms with van der Waals surface area (Å²) in [6.45, 7) is 0. The number of hydrogen-bond donors (Lipinski definition) is 1. The van der Waals surface area contributed by atoms with Crippen molar-refractivity contribution in [2.75, 3.05) is 14.2 Å². The van der Waals surface area contributed by atoms with Gasteiger partial charge in [-0.3, -0.25) is 5.32 Å². The van der Waals surface area contributed by atoms with E-state index in [1.165, 1.54) is 19.3 Å². The lowest BCUT2D eigenvalue weighted by Crippen LogP contribution is -2.34. The molecule has 1 aliphatic carbocycles. The number of nitriles is 1. The van der Waals surface area contributed by atoms with Crippen LogP contribution in [0.2, 0.25) is 0 Å². The molecule has 0 saturated heterocycles. The van der Waals surface area contributed by atoms with Crippen LogP contribution in [0.15, 0.2) is 16.6 Å². The minimum absolute atomic E-state index is 0.345. The highest BCUT2D eigenvalue weighted by Gasteiger charge is 2.22. The highest BCUT2D eigenvalue weighted by molar-refractivity contribution is 9.10. The highest BCUT2D eigenvalue weighted by atomic mass is 79.9. The summed E-state index contributed by atoms with van der Waals surface area (Å²) < 4.78 is 11.5. The van der Waals surface area contributed by atoms with Gasteiger partial charge in [0.2, 0.25) is 0 Å². The zero-order chi connectivity index (χ0) is 15.2. The molecule has 114 valence electrons. The van der Waals surface area contributed by atoms with Crippen LogP contribution in [0.4, 0.5) is 0 Å². The van der Waals surface area contributed by atoms with Crippen molar-refractivity contribution in [3.63, 3.8) is 0 Å². The SMILES string of the molecule is COc1cc(Br)c(C(C#N)NC2CCCCC2)cc1OC. The van der Waals surface area contributed by atoms with Crippen LogP contribution in [0, 0.1) is 11.3 Å². The first-order chi connectivity index (χ1) is 10.2. The van der Waals surface area contributed by atoms with Crippen LogP contribution in [0.25, 0.3) is 0 Å². The topological polar surface area (TPSA) is 54.3 Å². The van der Waals surface area contributed by atoms with Gasteiger partial charge in [0.15, 0.2) is 11.5 Å². The van der Waals surface area contributed by atoms with Crippen LogP contribution in [0.3, 0.4) is 0 Å². The molecule has 2 rings (SSSR count). The number of nitrogens with zero attached hydrogens (tertiary/aromatic N) is 1. The normalized spacial score (nSPS) is 17.0. The van der Waals surface area contributed by atoms with E-state index < -0.39 is 0 Å². The van der Waals surface area contributed by atoms with Crippen LogP contribution < -0.4 is 14.8 Å². The van der Waals surface area contributed by atoms with Crippen LogP contribution in [0.5, 0.6) is 11.5 Å². The Bertz CT molecular complexity index is 522. The number of methoxy groups -OCH3 is 2. The van der Waals surface area contributed by atoms with Crippen molar-refractivity contribution in [3.8, 4) is 17.6 Å². The molecule has 1 aromatic rings. The second-order valence-electron chi connectivity index (χ2n) is 5.29. The van der Waals surface area contributed by atoms with E-state index in [1.54, 1.807) is 14.2 Å². The highest BCUT2D eigenvalue weighted by Crippen LogP contribution is 2.36. The summed E-state index contributed by atoms with van der Waals surface area (Å²) in [7, 11) is 3.21. The van der Waals surface area contributed by atoms with E-state index in [2.05, 4.69) is 27.3 Å². The average molecular weight is 353 g/mol. The second kappa shape index (κ2) is 7.67. The summed E-state index contributed by atoms with van der Waals surface area (Å²) >= 11 is 3.53. The van der Waals surface area contributed by atoms with Gasteiger partial charge >= 0.3 is 0 Å². The number of rotatable bonds is 5. The molecule has 0 amide bonds. The number of hydrogen-bond acceptors (Lipinski definition) is 4. The van der Waals surface area contributed by atoms with Gasteiger partial charge in [0.1, 0.15) is 6.04 Å². The van der Waals surface area contributed by atoms with E-state index in [9.17, 15) is 5.26 Å². The summed E-state index contributed by atoms with van der Waals surface area (Å²) in [5.74, 6) is 1.30. The number of nitrogens with one attached hydrogen (secondary N) is 1. The third-order valence-electron chi connectivity index (χ3n) is 3.95. The molecule has 0 bridgehead atoms. The number of ether oxygens (including phenoxy) is 2. The molecule has 1 saturated carbocycles. The largest absolute Gasteiger partial charge is 0.493 e. The molecule has 1 N–H and O–H groups in total. The van der Waals surface area contributed by atoms with Gasteiger partial charge in [0.05, 0.1) is 20.3 Å². The van der Waals surface area contributed by atoms with Crippen molar-refractivity contribution in [2.24, 2.45) is 0 Å². The van der Waals surface area contributed by atoms with Crippen molar-refractivity contribution < 1.29 is 9.47 Å². The molecule has 1 unspecified atom stereocenters. The fourth-order valence-corrected chi connectivity index (χ4v) is 3.34. The van der Waals surface area contributed by atoms with E-state index in [1.807, 2.05) is 12.1 Å². The molecule has 4 nitrogen and oxygen atoms in total. The van der Waals surface area contributed by atoms with Crippen LogP contribution in [-0.2, 0) is 0 Å². The van der Waals surface area contributed by atoms with Gasteiger partial charge in [-0.1, -0.05) is 35.2 Å². The van der Waals surface area contributed by atoms with Crippen molar-refractivity contribution in [2.45, 2.75) is 44.2 Å². The standard InChI is InChI=1S/C16H21BrN2O2/c1-20-15-8-12(13(17)9-16(15)21-2)14(10-18)19-11-6-4-3-5-7-11/h8-9,11,14,19H,3-7H2,1-2H3. The Hall–Kier alpha value is -1.25. The molecule has 0 aromatic heterocycles. The quantitative estimate of drug-likeness (QED) is 0.871. The fraction of sp³-hybridized carbons (Fsp3) is 0.562. The smallest absolute Gasteiger partial charge is 0.161 e. The minimum atomic E-state index is -0.345. The second-order valence-corrected chi connectivity index (χ2v) is 6.15. The van der Waals surface area contributed by atoms with E-state index >= 15 is 0 Å². The van der Waals surface area contributed by atoms with E-state index in [-0.39, 0.29) is 6.04 Å². The molecule has 1 fully saturated rings. The van der Waals surface area contributed by atoms with Crippen molar-refractivity contribution in [1.29, 1.82) is 5.26 Å². The van der Waals surface area contributed by atoms with E-state index in [0.717, 1.165) is 22.9 Å². The monoisotopic (exact) mass is 352 g/mol. The zero-order valence-corrected chi connectivity index (χ0v) is 14.1. The van der Waals surface area contributed by atoms with E-state index in [0.29, 0.717) is 17.5 Å². The summed E-state index contributed by atoms with van der Waals surface area (Å²) in [4.78, 5) is 0. The first-order valence-corrected chi connectivity index (χ1v) is 8.06. The first-order valence-electron chi connectivity index (χ1n) is 7.26. The maximum absolute atomic E-state index is 9.52. The summed E-state index contributed by atoms with van der Waals surface area (Å²) in [5, 5.41) is 13.0. The van der Waals surface area contributed by atoms with Crippen molar-refractivity contribution >= 4 is 15.9 Å². The van der Waals surface area contributed by atoms with Gasteiger partial charge in [-0.25, -0.2) is 0 Å². The summed E-state index contributed by atoms with van der Waals surface area (Å²) in [6, 6.07) is 6.15. The Morgan fingerprint density at radius 1 is 1.19 bits per heavy atom. The average Bonchev–Trinajstić information content (AvgIpc) is 2.53. The van der Waals surface area contributed by atoms with Crippen LogP contribution in [0.1, 0.15) is 43.7 Å². The zero-order valence-electron chi connectivity index (χ0n) is 12.5. The lowest BCUT2D eigenvalue weighted by atomic mass is 9.94. The molecule has 1 aromatic carbocycles. The molecule has 0 aliphatic heterocycles. The maximum Gasteiger partial charge on any atom is 0.161 e. The molecule has 0 radical (unpaired) electrons. The molecular formula is C16H21BrN2O2. The summed E-state index contributed by atoms with van der Waals surface area (Å²) in [6.07, 6.45) is 6.06. The molecule has 5 heteroatoms. The third kappa shape index (κ3) is 3.90. The number of benzene rings is 1. The van der Waals surface area contributed by atoms with Gasteiger partial charge < -0.3 is 9.47 Å². The molecular weight excluding hydrogens is 332 g/mol. The Morgan fingerprint density at radius 3 is 2.38 bits per heavy atom. The van der Waals surface area contributed by atoms with Gasteiger partial charge in [-0.2, -0.15) is 5.26 Å². The minimum Gasteiger partial charge on any atom is -0.493 e. The maximum atomic E-state index is 9.52. The summed E-state index contributed by atoms with van der Waals surface area (Å²) in [5.41, 5.74) is 0.890. The van der Waals surface area contributed by atoms with Crippen LogP contribution >= 0.6 is 15.9 Å². The van der Waals surface area contributed by atoms with Gasteiger partial charge in [-0.05, 0) is 25.0 Å².